The molecule has 0 aromatic carbocycles. The first-order valence-corrected chi connectivity index (χ1v) is 9.14. The number of carbonyl (C=O) groups excluding carboxylic acids is 4. The zero-order valence-electron chi connectivity index (χ0n) is 15.6. The molecule has 0 aliphatic heterocycles. The van der Waals surface area contributed by atoms with Crippen molar-refractivity contribution in [2.75, 3.05) is 13.2 Å². The minimum Gasteiger partial charge on any atom is -0.465 e. The monoisotopic (exact) mass is 364 g/mol. The predicted octanol–water partition coefficient (Wildman–Crippen LogP) is 2.95. The second kappa shape index (κ2) is 12.2. The van der Waals surface area contributed by atoms with Crippen molar-refractivity contribution < 1.29 is 28.7 Å². The fourth-order valence-electron chi connectivity index (χ4n) is 2.95. The van der Waals surface area contributed by atoms with E-state index >= 15 is 0 Å². The summed E-state index contributed by atoms with van der Waals surface area (Å²) in [5.41, 5.74) is 0. The van der Waals surface area contributed by atoms with E-state index in [1.807, 2.05) is 0 Å². The van der Waals surface area contributed by atoms with Crippen LogP contribution in [0.3, 0.4) is 0 Å². The van der Waals surface area contributed by atoms with Gasteiger partial charge in [0.2, 0.25) is 0 Å². The van der Waals surface area contributed by atoms with Gasteiger partial charge in [-0.15, -0.1) is 0 Å². The number of hydrogen-bond donors (Lipinski definition) is 0. The summed E-state index contributed by atoms with van der Waals surface area (Å²) in [5, 5.41) is 0. The van der Waals surface area contributed by atoms with Gasteiger partial charge in [0.05, 0.1) is 25.0 Å². The Kier molecular flexibility index (Phi) is 10.2. The van der Waals surface area contributed by atoms with Crippen molar-refractivity contribution in [3.63, 3.8) is 0 Å². The van der Waals surface area contributed by atoms with Crippen molar-refractivity contribution in [3.8, 4) is 0 Å². The maximum absolute atomic E-state index is 12.3. The summed E-state index contributed by atoms with van der Waals surface area (Å²) in [6, 6.07) is 0. The number of allylic oxidation sites excluding steroid dienone is 4. The first kappa shape index (κ1) is 21.8. The molecule has 0 aromatic heterocycles. The Labute approximate surface area is 154 Å². The molecule has 0 radical (unpaired) electrons. The molecule has 1 aliphatic rings. The first-order valence-electron chi connectivity index (χ1n) is 9.14. The van der Waals surface area contributed by atoms with Crippen LogP contribution in [0.1, 0.15) is 52.4 Å². The van der Waals surface area contributed by atoms with Crippen LogP contribution in [-0.2, 0) is 28.7 Å². The van der Waals surface area contributed by atoms with Crippen molar-refractivity contribution >= 4 is 23.5 Å². The van der Waals surface area contributed by atoms with Crippen LogP contribution < -0.4 is 0 Å². The maximum atomic E-state index is 12.3. The van der Waals surface area contributed by atoms with Crippen LogP contribution >= 0.6 is 0 Å². The summed E-state index contributed by atoms with van der Waals surface area (Å²) in [4.78, 5) is 47.4. The standard InChI is InChI=1S/C20H28O6/c1-3-7-15(21)11-13-25-19(23)17-9-5-6-10-18(17)20(24)26-14-12-16(22)8-4-2/h3-4,7-8,17-18H,5-6,9-14H2,1-2H3. The Morgan fingerprint density at radius 1 is 0.769 bits per heavy atom. The zero-order chi connectivity index (χ0) is 19.4. The van der Waals surface area contributed by atoms with E-state index in [2.05, 4.69) is 0 Å². The molecule has 0 heterocycles. The third kappa shape index (κ3) is 7.76. The summed E-state index contributed by atoms with van der Waals surface area (Å²) < 4.78 is 10.4. The minimum atomic E-state index is -0.542. The topological polar surface area (TPSA) is 86.7 Å². The first-order chi connectivity index (χ1) is 12.5. The van der Waals surface area contributed by atoms with Crippen LogP contribution in [0.15, 0.2) is 24.3 Å². The molecule has 0 spiro atoms. The van der Waals surface area contributed by atoms with Crippen molar-refractivity contribution in [1.82, 2.24) is 0 Å². The molecule has 0 aromatic rings. The summed E-state index contributed by atoms with van der Waals surface area (Å²) >= 11 is 0. The number of hydrogen-bond acceptors (Lipinski definition) is 6. The van der Waals surface area contributed by atoms with E-state index in [4.69, 9.17) is 9.47 Å². The molecule has 0 amide bonds. The number of carbonyl (C=O) groups is 4. The molecule has 1 aliphatic carbocycles. The molecule has 1 saturated carbocycles. The molecule has 0 N–H and O–H groups in total. The SMILES string of the molecule is CC=CC(=O)CCOC(=O)C1CCCCC1C(=O)OCCC(=O)C=CC. The highest BCUT2D eigenvalue weighted by Gasteiger charge is 2.37. The van der Waals surface area contributed by atoms with Gasteiger partial charge in [0.25, 0.3) is 0 Å². The van der Waals surface area contributed by atoms with Gasteiger partial charge in [0, 0.05) is 12.8 Å². The molecule has 26 heavy (non-hydrogen) atoms. The number of esters is 2. The lowest BCUT2D eigenvalue weighted by Gasteiger charge is -2.28. The van der Waals surface area contributed by atoms with E-state index < -0.39 is 23.8 Å². The summed E-state index contributed by atoms with van der Waals surface area (Å²) in [7, 11) is 0. The van der Waals surface area contributed by atoms with Crippen LogP contribution in [0.2, 0.25) is 0 Å². The van der Waals surface area contributed by atoms with Crippen molar-refractivity contribution in [1.29, 1.82) is 0 Å². The lowest BCUT2D eigenvalue weighted by atomic mass is 9.79. The quantitative estimate of drug-likeness (QED) is 0.437. The Morgan fingerprint density at radius 3 is 1.50 bits per heavy atom. The van der Waals surface area contributed by atoms with Gasteiger partial charge >= 0.3 is 11.9 Å². The second-order valence-electron chi connectivity index (χ2n) is 6.27. The zero-order valence-corrected chi connectivity index (χ0v) is 15.6. The second-order valence-corrected chi connectivity index (χ2v) is 6.27. The van der Waals surface area contributed by atoms with Gasteiger partial charge in [0.1, 0.15) is 0 Å². The smallest absolute Gasteiger partial charge is 0.309 e. The highest BCUT2D eigenvalue weighted by atomic mass is 16.5. The molecular weight excluding hydrogens is 336 g/mol. The fraction of sp³-hybridized carbons (Fsp3) is 0.600. The van der Waals surface area contributed by atoms with E-state index in [-0.39, 0.29) is 37.6 Å². The van der Waals surface area contributed by atoms with E-state index in [1.165, 1.54) is 12.2 Å². The van der Waals surface area contributed by atoms with Crippen LogP contribution in [0, 0.1) is 11.8 Å². The van der Waals surface area contributed by atoms with Crippen LogP contribution in [0.25, 0.3) is 0 Å². The largest absolute Gasteiger partial charge is 0.465 e. The highest BCUT2D eigenvalue weighted by molar-refractivity contribution is 5.90. The van der Waals surface area contributed by atoms with Crippen LogP contribution in [-0.4, -0.2) is 36.7 Å². The number of ether oxygens (including phenoxy) is 2. The molecule has 6 heteroatoms. The van der Waals surface area contributed by atoms with Gasteiger partial charge in [-0.3, -0.25) is 19.2 Å². The summed E-state index contributed by atoms with van der Waals surface area (Å²) in [5.74, 6) is -2.20. The normalized spacial score (nSPS) is 20.2. The van der Waals surface area contributed by atoms with Gasteiger partial charge in [-0.2, -0.15) is 0 Å². The fourth-order valence-corrected chi connectivity index (χ4v) is 2.95. The molecule has 1 fully saturated rings. The highest BCUT2D eigenvalue weighted by Crippen LogP contribution is 2.32. The average Bonchev–Trinajstić information content (AvgIpc) is 2.62. The predicted molar refractivity (Wildman–Crippen MR) is 96.2 cm³/mol. The van der Waals surface area contributed by atoms with E-state index in [0.717, 1.165) is 12.8 Å². The Hall–Kier alpha value is -2.24. The van der Waals surface area contributed by atoms with Crippen molar-refractivity contribution in [3.05, 3.63) is 24.3 Å². The summed E-state index contributed by atoms with van der Waals surface area (Å²) in [6.45, 7) is 3.51. The molecule has 1 rings (SSSR count). The molecule has 2 unspecified atom stereocenters. The van der Waals surface area contributed by atoms with Crippen molar-refractivity contribution in [2.24, 2.45) is 11.8 Å². The Bertz CT molecular complexity index is 511. The maximum Gasteiger partial charge on any atom is 0.309 e. The van der Waals surface area contributed by atoms with Gasteiger partial charge in [-0.1, -0.05) is 25.0 Å². The third-order valence-electron chi connectivity index (χ3n) is 4.26. The third-order valence-corrected chi connectivity index (χ3v) is 4.26. The van der Waals surface area contributed by atoms with E-state index in [9.17, 15) is 19.2 Å². The summed E-state index contributed by atoms with van der Waals surface area (Å²) in [6.07, 6.45) is 9.24. The van der Waals surface area contributed by atoms with Gasteiger partial charge < -0.3 is 9.47 Å². The van der Waals surface area contributed by atoms with Crippen molar-refractivity contribution in [2.45, 2.75) is 52.4 Å². The lowest BCUT2D eigenvalue weighted by molar-refractivity contribution is -0.163. The molecule has 0 saturated heterocycles. The molecule has 144 valence electrons. The molecule has 0 bridgehead atoms. The molecular formula is C20H28O6. The van der Waals surface area contributed by atoms with Gasteiger partial charge in [-0.25, -0.2) is 0 Å². The number of ketones is 2. The van der Waals surface area contributed by atoms with Crippen LogP contribution in [0.4, 0.5) is 0 Å². The Balaban J connectivity index is 2.49. The number of rotatable bonds is 10. The molecule has 6 nitrogen and oxygen atoms in total. The van der Waals surface area contributed by atoms with Gasteiger partial charge in [0.15, 0.2) is 11.6 Å². The Morgan fingerprint density at radius 2 is 1.15 bits per heavy atom. The lowest BCUT2D eigenvalue weighted by Crippen LogP contribution is -2.35. The minimum absolute atomic E-state index is 0.0120. The van der Waals surface area contributed by atoms with E-state index in [0.29, 0.717) is 12.8 Å². The van der Waals surface area contributed by atoms with E-state index in [1.54, 1.807) is 26.0 Å². The molecule has 2 atom stereocenters. The van der Waals surface area contributed by atoms with Gasteiger partial charge in [-0.05, 0) is 38.8 Å². The average molecular weight is 364 g/mol. The van der Waals surface area contributed by atoms with Crippen LogP contribution in [0.5, 0.6) is 0 Å².